The van der Waals surface area contributed by atoms with Gasteiger partial charge in [-0.05, 0) is 23.8 Å². The van der Waals surface area contributed by atoms with Crippen LogP contribution in [0.5, 0.6) is 5.75 Å². The molecular weight excluding hydrogens is 463 g/mol. The quantitative estimate of drug-likeness (QED) is 0.656. The lowest BCUT2D eigenvalue weighted by Gasteiger charge is -2.13. The van der Waals surface area contributed by atoms with Crippen LogP contribution >= 0.6 is 23.2 Å². The Labute approximate surface area is 193 Å². The number of amides is 1. The smallest absolute Gasteiger partial charge is 0.296 e. The summed E-state index contributed by atoms with van der Waals surface area (Å²) in [5.41, 5.74) is -1.59. The van der Waals surface area contributed by atoms with E-state index in [1.807, 2.05) is 13.8 Å². The molecule has 0 bridgehead atoms. The summed E-state index contributed by atoms with van der Waals surface area (Å²) in [6.07, 6.45) is 5.33. The van der Waals surface area contributed by atoms with Crippen LogP contribution in [0.4, 0.5) is 8.78 Å². The highest BCUT2D eigenvalue weighted by Crippen LogP contribution is 2.25. The topological polar surface area (TPSA) is 84.2 Å². The van der Waals surface area contributed by atoms with Gasteiger partial charge in [-0.2, -0.15) is 0 Å². The molecule has 1 amide bonds. The molecule has 6 nitrogen and oxygen atoms in total. The Bertz CT molecular complexity index is 1170. The van der Waals surface area contributed by atoms with Gasteiger partial charge >= 0.3 is 0 Å². The molecule has 0 spiro atoms. The van der Waals surface area contributed by atoms with E-state index in [0.717, 1.165) is 22.8 Å². The third-order valence-corrected chi connectivity index (χ3v) is 5.18. The van der Waals surface area contributed by atoms with Crippen molar-refractivity contribution in [1.82, 2.24) is 14.9 Å². The van der Waals surface area contributed by atoms with E-state index in [1.54, 1.807) is 18.2 Å². The Morgan fingerprint density at radius 1 is 1.22 bits per heavy atom. The molecule has 0 unspecified atom stereocenters. The van der Waals surface area contributed by atoms with E-state index in [1.165, 1.54) is 7.05 Å². The summed E-state index contributed by atoms with van der Waals surface area (Å²) >= 11 is 11.9. The van der Waals surface area contributed by atoms with Gasteiger partial charge in [-0.15, -0.1) is 0 Å². The SMILES string of the molecule is CC.Cn1c(-c2c(F)cccc2F)nc(C(=O)NCC2=CCC(Cl)=C(Cl)C=C2)c(O)c1=O. The third-order valence-electron chi connectivity index (χ3n) is 4.37. The van der Waals surface area contributed by atoms with Crippen molar-refractivity contribution in [2.75, 3.05) is 6.54 Å². The van der Waals surface area contributed by atoms with Crippen LogP contribution in [0.3, 0.4) is 0 Å². The maximum absolute atomic E-state index is 14.2. The first-order valence-electron chi connectivity index (χ1n) is 9.64. The maximum atomic E-state index is 14.2. The lowest BCUT2D eigenvalue weighted by molar-refractivity contribution is 0.0948. The number of benzene rings is 1. The van der Waals surface area contributed by atoms with Crippen molar-refractivity contribution in [3.8, 4) is 17.1 Å². The Hall–Kier alpha value is -2.97. The van der Waals surface area contributed by atoms with Crippen LogP contribution < -0.4 is 10.9 Å². The number of aromatic hydroxyl groups is 1. The zero-order valence-corrected chi connectivity index (χ0v) is 19.1. The number of carbonyl (C=O) groups is 1. The fraction of sp³-hybridized carbons (Fsp3) is 0.227. The average molecular weight is 484 g/mol. The number of hydrogen-bond acceptors (Lipinski definition) is 4. The second kappa shape index (κ2) is 11.1. The van der Waals surface area contributed by atoms with Gasteiger partial charge in [0.2, 0.25) is 5.75 Å². The van der Waals surface area contributed by atoms with Crippen LogP contribution in [0, 0.1) is 11.6 Å². The minimum absolute atomic E-state index is 0.0173. The summed E-state index contributed by atoms with van der Waals surface area (Å²) in [7, 11) is 1.18. The number of allylic oxidation sites excluding steroid dienone is 4. The number of halogens is 4. The Morgan fingerprint density at radius 3 is 2.47 bits per heavy atom. The maximum Gasteiger partial charge on any atom is 0.296 e. The summed E-state index contributed by atoms with van der Waals surface area (Å²) in [5, 5.41) is 13.4. The molecule has 1 aliphatic rings. The molecule has 1 aromatic carbocycles. The number of rotatable bonds is 4. The summed E-state index contributed by atoms with van der Waals surface area (Å²) in [4.78, 5) is 28.7. The summed E-state index contributed by atoms with van der Waals surface area (Å²) in [6, 6.07) is 3.14. The van der Waals surface area contributed by atoms with Gasteiger partial charge in [-0.25, -0.2) is 13.8 Å². The Kier molecular flexibility index (Phi) is 8.74. The largest absolute Gasteiger partial charge is 0.501 e. The van der Waals surface area contributed by atoms with Crippen LogP contribution in [0.15, 0.2) is 56.9 Å². The van der Waals surface area contributed by atoms with Crippen molar-refractivity contribution >= 4 is 29.1 Å². The molecule has 0 saturated heterocycles. The van der Waals surface area contributed by atoms with Crippen LogP contribution in [0.1, 0.15) is 30.8 Å². The monoisotopic (exact) mass is 483 g/mol. The second-order valence-corrected chi connectivity index (χ2v) is 7.21. The van der Waals surface area contributed by atoms with Crippen LogP contribution in [0.25, 0.3) is 11.4 Å². The van der Waals surface area contributed by atoms with Crippen molar-refractivity contribution < 1.29 is 18.7 Å². The van der Waals surface area contributed by atoms with Crippen LogP contribution in [-0.2, 0) is 7.05 Å². The zero-order chi connectivity index (χ0) is 24.0. The molecule has 170 valence electrons. The first-order chi connectivity index (χ1) is 15.2. The van der Waals surface area contributed by atoms with Gasteiger partial charge in [0.1, 0.15) is 17.5 Å². The van der Waals surface area contributed by atoms with Gasteiger partial charge < -0.3 is 10.4 Å². The van der Waals surface area contributed by atoms with E-state index in [-0.39, 0.29) is 6.54 Å². The van der Waals surface area contributed by atoms with Crippen LogP contribution in [-0.4, -0.2) is 27.1 Å². The van der Waals surface area contributed by atoms with Crippen molar-refractivity contribution in [3.05, 3.63) is 79.7 Å². The van der Waals surface area contributed by atoms with E-state index >= 15 is 0 Å². The van der Waals surface area contributed by atoms with Gasteiger partial charge in [0.25, 0.3) is 11.5 Å². The second-order valence-electron chi connectivity index (χ2n) is 6.35. The molecule has 1 heterocycles. The number of nitrogens with zero attached hydrogens (tertiary/aromatic N) is 2. The molecule has 10 heteroatoms. The van der Waals surface area contributed by atoms with Crippen molar-refractivity contribution in [3.63, 3.8) is 0 Å². The van der Waals surface area contributed by atoms with Gasteiger partial charge in [0.05, 0.1) is 10.6 Å². The summed E-state index contributed by atoms with van der Waals surface area (Å²) in [6.45, 7) is 4.02. The molecule has 2 N–H and O–H groups in total. The highest BCUT2D eigenvalue weighted by atomic mass is 35.5. The van der Waals surface area contributed by atoms with Crippen molar-refractivity contribution in [1.29, 1.82) is 0 Å². The molecular formula is C22H21Cl2F2N3O3. The molecule has 0 aliphatic heterocycles. The molecule has 3 rings (SSSR count). The van der Waals surface area contributed by atoms with Gasteiger partial charge in [-0.1, -0.05) is 55.3 Å². The molecule has 1 aromatic heterocycles. The third kappa shape index (κ3) is 5.44. The average Bonchev–Trinajstić information content (AvgIpc) is 2.94. The summed E-state index contributed by atoms with van der Waals surface area (Å²) < 4.78 is 29.1. The predicted molar refractivity (Wildman–Crippen MR) is 121 cm³/mol. The van der Waals surface area contributed by atoms with Crippen molar-refractivity contribution in [2.45, 2.75) is 20.3 Å². The Morgan fingerprint density at radius 2 is 1.84 bits per heavy atom. The normalized spacial score (nSPS) is 13.2. The van der Waals surface area contributed by atoms with Crippen LogP contribution in [0.2, 0.25) is 0 Å². The molecule has 2 aromatic rings. The van der Waals surface area contributed by atoms with Gasteiger partial charge in [0, 0.05) is 25.0 Å². The number of nitrogens with one attached hydrogen (secondary N) is 1. The summed E-state index contributed by atoms with van der Waals surface area (Å²) in [5.74, 6) is -4.20. The molecule has 1 aliphatic carbocycles. The number of aromatic nitrogens is 2. The standard InChI is InChI=1S/C20H15Cl2F2N3O3.C2H6/c1-27-18(15-13(23)3-2-4-14(15)24)26-16(17(28)20(27)30)19(29)25-9-10-5-7-11(21)12(22)8-6-10;1-2/h2-7,28H,8-9H2,1H3,(H,25,29);1-2H3. The van der Waals surface area contributed by atoms with E-state index in [2.05, 4.69) is 10.3 Å². The molecule has 0 atom stereocenters. The molecule has 0 fully saturated rings. The lowest BCUT2D eigenvalue weighted by atomic mass is 10.1. The highest BCUT2D eigenvalue weighted by molar-refractivity contribution is 6.40. The lowest BCUT2D eigenvalue weighted by Crippen LogP contribution is -2.30. The minimum atomic E-state index is -1.02. The predicted octanol–water partition coefficient (Wildman–Crippen LogP) is 4.76. The molecule has 0 radical (unpaired) electrons. The van der Waals surface area contributed by atoms with E-state index in [9.17, 15) is 23.5 Å². The van der Waals surface area contributed by atoms with Gasteiger partial charge in [0.15, 0.2) is 5.69 Å². The number of hydrogen-bond donors (Lipinski definition) is 2. The fourth-order valence-electron chi connectivity index (χ4n) is 2.74. The first-order valence-corrected chi connectivity index (χ1v) is 10.4. The van der Waals surface area contributed by atoms with E-state index < -0.39 is 45.9 Å². The zero-order valence-electron chi connectivity index (χ0n) is 17.5. The fourth-order valence-corrected chi connectivity index (χ4v) is 3.02. The first kappa shape index (κ1) is 25.3. The van der Waals surface area contributed by atoms with Gasteiger partial charge in [-0.3, -0.25) is 14.2 Å². The van der Waals surface area contributed by atoms with E-state index in [4.69, 9.17) is 23.2 Å². The number of carbonyl (C=O) groups excluding carboxylic acids is 1. The molecule has 32 heavy (non-hydrogen) atoms. The highest BCUT2D eigenvalue weighted by Gasteiger charge is 2.24. The molecule has 0 saturated carbocycles. The van der Waals surface area contributed by atoms with E-state index in [0.29, 0.717) is 22.1 Å². The van der Waals surface area contributed by atoms with Crippen molar-refractivity contribution in [2.24, 2.45) is 7.05 Å². The minimum Gasteiger partial charge on any atom is -0.501 e. The Balaban J connectivity index is 0.00000176.